The van der Waals surface area contributed by atoms with Gasteiger partial charge in [-0.15, -0.1) is 0 Å². The first-order valence-electron chi connectivity index (χ1n) is 8.98. The second-order valence-electron chi connectivity index (χ2n) is 5.89. The zero-order valence-corrected chi connectivity index (χ0v) is 16.4. The highest BCUT2D eigenvalue weighted by atomic mass is 16.5. The lowest BCUT2D eigenvalue weighted by atomic mass is 10.2. The molecule has 2 aromatic carbocycles. The smallest absolute Gasteiger partial charge is 0.275 e. The van der Waals surface area contributed by atoms with Crippen LogP contribution < -0.4 is 24.8 Å². The van der Waals surface area contributed by atoms with Crippen LogP contribution in [0.1, 0.15) is 17.4 Å². The van der Waals surface area contributed by atoms with E-state index < -0.39 is 0 Å². The van der Waals surface area contributed by atoms with Crippen molar-refractivity contribution in [1.29, 1.82) is 0 Å². The van der Waals surface area contributed by atoms with Crippen LogP contribution in [0.2, 0.25) is 0 Å². The molecule has 0 saturated carbocycles. The lowest BCUT2D eigenvalue weighted by Gasteiger charge is -2.12. The first-order chi connectivity index (χ1) is 14.1. The third-order valence-electron chi connectivity index (χ3n) is 3.98. The Hall–Kier alpha value is -3.81. The molecule has 0 bridgehead atoms. The SMILES string of the molecule is CCOc1ccc(NC(=O)c2cnc(Nc3cc(OC)ccc3OC)cn2)cc1. The van der Waals surface area contributed by atoms with Gasteiger partial charge in [0.2, 0.25) is 0 Å². The maximum absolute atomic E-state index is 12.4. The molecule has 0 atom stereocenters. The topological polar surface area (TPSA) is 94.6 Å². The van der Waals surface area contributed by atoms with Crippen LogP contribution in [0.5, 0.6) is 17.2 Å². The summed E-state index contributed by atoms with van der Waals surface area (Å²) >= 11 is 0. The minimum Gasteiger partial charge on any atom is -0.497 e. The van der Waals surface area contributed by atoms with E-state index in [9.17, 15) is 4.79 Å². The molecule has 0 aliphatic carbocycles. The van der Waals surface area contributed by atoms with Gasteiger partial charge < -0.3 is 24.8 Å². The van der Waals surface area contributed by atoms with E-state index in [4.69, 9.17) is 14.2 Å². The summed E-state index contributed by atoms with van der Waals surface area (Å²) in [5, 5.41) is 5.88. The van der Waals surface area contributed by atoms with Gasteiger partial charge in [0.1, 0.15) is 28.8 Å². The van der Waals surface area contributed by atoms with Crippen molar-refractivity contribution >= 4 is 23.1 Å². The Labute approximate surface area is 168 Å². The van der Waals surface area contributed by atoms with Gasteiger partial charge in [0.25, 0.3) is 5.91 Å². The second-order valence-corrected chi connectivity index (χ2v) is 5.89. The molecular weight excluding hydrogens is 372 g/mol. The van der Waals surface area contributed by atoms with E-state index in [0.29, 0.717) is 35.3 Å². The lowest BCUT2D eigenvalue weighted by Crippen LogP contribution is -2.14. The molecule has 0 aliphatic rings. The predicted octanol–water partition coefficient (Wildman–Crippen LogP) is 3.89. The second kappa shape index (κ2) is 9.41. The van der Waals surface area contributed by atoms with Gasteiger partial charge in [-0.2, -0.15) is 0 Å². The van der Waals surface area contributed by atoms with E-state index >= 15 is 0 Å². The van der Waals surface area contributed by atoms with Crippen LogP contribution in [0.4, 0.5) is 17.2 Å². The van der Waals surface area contributed by atoms with Crippen LogP contribution in [0.3, 0.4) is 0 Å². The number of methoxy groups -OCH3 is 2. The highest BCUT2D eigenvalue weighted by Gasteiger charge is 2.10. The molecule has 150 valence electrons. The number of amides is 1. The predicted molar refractivity (Wildman–Crippen MR) is 110 cm³/mol. The van der Waals surface area contributed by atoms with Crippen molar-refractivity contribution < 1.29 is 19.0 Å². The molecule has 0 spiro atoms. The standard InChI is InChI=1S/C21H22N4O4/c1-4-29-15-7-5-14(6-8-15)24-21(26)18-12-23-20(13-22-18)25-17-11-16(27-2)9-10-19(17)28-3/h5-13H,4H2,1-3H3,(H,23,25)(H,24,26). The van der Waals surface area contributed by atoms with Crippen LogP contribution in [0, 0.1) is 0 Å². The summed E-state index contributed by atoms with van der Waals surface area (Å²) in [6, 6.07) is 12.5. The van der Waals surface area contributed by atoms with Gasteiger partial charge in [-0.3, -0.25) is 4.79 Å². The fourth-order valence-corrected chi connectivity index (χ4v) is 2.56. The van der Waals surface area contributed by atoms with E-state index in [2.05, 4.69) is 20.6 Å². The van der Waals surface area contributed by atoms with Crippen molar-refractivity contribution in [2.24, 2.45) is 0 Å². The Morgan fingerprint density at radius 3 is 2.34 bits per heavy atom. The molecule has 1 amide bonds. The highest BCUT2D eigenvalue weighted by Crippen LogP contribution is 2.30. The Balaban J connectivity index is 1.67. The third kappa shape index (κ3) is 5.13. The van der Waals surface area contributed by atoms with Gasteiger partial charge in [-0.05, 0) is 43.3 Å². The van der Waals surface area contributed by atoms with Crippen molar-refractivity contribution in [3.8, 4) is 17.2 Å². The van der Waals surface area contributed by atoms with Crippen molar-refractivity contribution in [2.75, 3.05) is 31.5 Å². The van der Waals surface area contributed by atoms with Crippen molar-refractivity contribution in [1.82, 2.24) is 9.97 Å². The number of benzene rings is 2. The summed E-state index contributed by atoms with van der Waals surface area (Å²) in [6.45, 7) is 2.50. The minimum absolute atomic E-state index is 0.196. The van der Waals surface area contributed by atoms with Gasteiger partial charge >= 0.3 is 0 Å². The molecular formula is C21H22N4O4. The summed E-state index contributed by atoms with van der Waals surface area (Å²) in [7, 11) is 3.16. The van der Waals surface area contributed by atoms with Gasteiger partial charge in [0.15, 0.2) is 0 Å². The average molecular weight is 394 g/mol. The van der Waals surface area contributed by atoms with Crippen LogP contribution >= 0.6 is 0 Å². The number of rotatable bonds is 8. The number of ether oxygens (including phenoxy) is 3. The van der Waals surface area contributed by atoms with Crippen molar-refractivity contribution in [3.05, 3.63) is 60.6 Å². The number of aromatic nitrogens is 2. The maximum Gasteiger partial charge on any atom is 0.275 e. The molecule has 8 heteroatoms. The molecule has 3 rings (SSSR count). The van der Waals surface area contributed by atoms with Crippen molar-refractivity contribution in [3.63, 3.8) is 0 Å². The van der Waals surface area contributed by atoms with Gasteiger partial charge in [0, 0.05) is 11.8 Å². The highest BCUT2D eigenvalue weighted by molar-refractivity contribution is 6.02. The molecule has 0 fully saturated rings. The Kier molecular flexibility index (Phi) is 6.47. The largest absolute Gasteiger partial charge is 0.497 e. The first-order valence-corrected chi connectivity index (χ1v) is 8.98. The molecule has 1 heterocycles. The first kappa shape index (κ1) is 19.9. The van der Waals surface area contributed by atoms with Gasteiger partial charge in [0.05, 0.1) is 38.9 Å². The van der Waals surface area contributed by atoms with Crippen molar-refractivity contribution in [2.45, 2.75) is 6.92 Å². The normalized spacial score (nSPS) is 10.2. The summed E-state index contributed by atoms with van der Waals surface area (Å²) in [6.07, 6.45) is 2.88. The number of nitrogens with zero attached hydrogens (tertiary/aromatic N) is 2. The van der Waals surface area contributed by atoms with E-state index in [-0.39, 0.29) is 11.6 Å². The number of hydrogen-bond acceptors (Lipinski definition) is 7. The third-order valence-corrected chi connectivity index (χ3v) is 3.98. The zero-order valence-electron chi connectivity index (χ0n) is 16.4. The molecule has 0 radical (unpaired) electrons. The summed E-state index contributed by atoms with van der Waals surface area (Å²) < 4.78 is 15.9. The molecule has 2 N–H and O–H groups in total. The molecule has 29 heavy (non-hydrogen) atoms. The fraction of sp³-hybridized carbons (Fsp3) is 0.190. The van der Waals surface area contributed by atoms with Crippen LogP contribution in [-0.2, 0) is 0 Å². The van der Waals surface area contributed by atoms with E-state index in [1.165, 1.54) is 12.4 Å². The quantitative estimate of drug-likeness (QED) is 0.598. The van der Waals surface area contributed by atoms with E-state index in [0.717, 1.165) is 5.75 Å². The van der Waals surface area contributed by atoms with E-state index in [1.54, 1.807) is 56.7 Å². The Bertz CT molecular complexity index is 959. The maximum atomic E-state index is 12.4. The van der Waals surface area contributed by atoms with Gasteiger partial charge in [-0.1, -0.05) is 0 Å². The number of anilines is 3. The van der Waals surface area contributed by atoms with Crippen LogP contribution in [0.25, 0.3) is 0 Å². The number of carbonyl (C=O) groups is 1. The minimum atomic E-state index is -0.354. The van der Waals surface area contributed by atoms with Crippen LogP contribution in [0.15, 0.2) is 54.9 Å². The molecule has 8 nitrogen and oxygen atoms in total. The van der Waals surface area contributed by atoms with E-state index in [1.807, 2.05) is 6.92 Å². The number of hydrogen-bond donors (Lipinski definition) is 2. The van der Waals surface area contributed by atoms with Gasteiger partial charge in [-0.25, -0.2) is 9.97 Å². The Morgan fingerprint density at radius 2 is 1.72 bits per heavy atom. The monoisotopic (exact) mass is 394 g/mol. The molecule has 0 aliphatic heterocycles. The summed E-state index contributed by atoms with van der Waals surface area (Å²) in [5.74, 6) is 2.16. The number of nitrogens with one attached hydrogen (secondary N) is 2. The summed E-state index contributed by atoms with van der Waals surface area (Å²) in [5.41, 5.74) is 1.51. The lowest BCUT2D eigenvalue weighted by molar-refractivity contribution is 0.102. The molecule has 0 saturated heterocycles. The molecule has 1 aromatic heterocycles. The fourth-order valence-electron chi connectivity index (χ4n) is 2.56. The molecule has 3 aromatic rings. The number of carbonyl (C=O) groups excluding carboxylic acids is 1. The zero-order chi connectivity index (χ0) is 20.6. The molecule has 0 unspecified atom stereocenters. The Morgan fingerprint density at radius 1 is 0.966 bits per heavy atom. The summed E-state index contributed by atoms with van der Waals surface area (Å²) in [4.78, 5) is 20.8. The van der Waals surface area contributed by atoms with Crippen LogP contribution in [-0.4, -0.2) is 36.7 Å². The average Bonchev–Trinajstić information content (AvgIpc) is 2.75.